The van der Waals surface area contributed by atoms with Gasteiger partial charge >= 0.3 is 0 Å². The van der Waals surface area contributed by atoms with E-state index >= 15 is 0 Å². The average Bonchev–Trinajstić information content (AvgIpc) is 2.43. The van der Waals surface area contributed by atoms with E-state index in [2.05, 4.69) is 39.9 Å². The number of hydrogen-bond acceptors (Lipinski definition) is 3. The van der Waals surface area contributed by atoms with Crippen LogP contribution in [0.15, 0.2) is 0 Å². The second kappa shape index (κ2) is 7.84. The molecule has 2 atom stereocenters. The molecule has 0 radical (unpaired) electrons. The minimum Gasteiger partial charge on any atom is -0.376 e. The van der Waals surface area contributed by atoms with Gasteiger partial charge in [-0.1, -0.05) is 19.8 Å². The quantitative estimate of drug-likeness (QED) is 0.736. The summed E-state index contributed by atoms with van der Waals surface area (Å²) in [6, 6.07) is 0.620. The van der Waals surface area contributed by atoms with Crippen LogP contribution in [0.5, 0.6) is 0 Å². The highest BCUT2D eigenvalue weighted by Gasteiger charge is 2.40. The topological polar surface area (TPSA) is 30.5 Å². The number of hydrogen-bond donors (Lipinski definition) is 1. The van der Waals surface area contributed by atoms with E-state index in [1.807, 2.05) is 0 Å². The van der Waals surface area contributed by atoms with Crippen LogP contribution in [0, 0.1) is 5.41 Å². The molecule has 2 heterocycles. The van der Waals surface area contributed by atoms with E-state index in [0.29, 0.717) is 11.5 Å². The summed E-state index contributed by atoms with van der Waals surface area (Å²) in [5.74, 6) is 0. The van der Waals surface area contributed by atoms with Gasteiger partial charge in [0.05, 0.1) is 11.2 Å². The highest BCUT2D eigenvalue weighted by molar-refractivity contribution is 4.91. The Morgan fingerprint density at radius 1 is 1.00 bits per heavy atom. The van der Waals surface area contributed by atoms with Crippen molar-refractivity contribution in [3.05, 3.63) is 0 Å². The van der Waals surface area contributed by atoms with E-state index in [1.54, 1.807) is 0 Å². The number of nitrogens with one attached hydrogen (secondary N) is 1. The van der Waals surface area contributed by atoms with E-state index in [9.17, 15) is 0 Å². The molecule has 23 heavy (non-hydrogen) atoms. The number of ether oxygens (including phenoxy) is 2. The van der Waals surface area contributed by atoms with Crippen LogP contribution in [0.2, 0.25) is 0 Å². The summed E-state index contributed by atoms with van der Waals surface area (Å²) in [5, 5.41) is 3.83. The summed E-state index contributed by atoms with van der Waals surface area (Å²) in [5.41, 5.74) is 0.564. The Labute approximate surface area is 143 Å². The Hall–Kier alpha value is -0.120. The fraction of sp³-hybridized carbons (Fsp3) is 1.00. The van der Waals surface area contributed by atoms with Crippen LogP contribution in [-0.2, 0) is 9.47 Å². The molecule has 2 aliphatic heterocycles. The highest BCUT2D eigenvalue weighted by atomic mass is 16.5. The van der Waals surface area contributed by atoms with E-state index in [1.165, 1.54) is 38.5 Å². The molecule has 0 aromatic rings. The Balaban J connectivity index is 1.86. The summed E-state index contributed by atoms with van der Waals surface area (Å²) in [7, 11) is 0. The molecule has 0 bridgehead atoms. The smallest absolute Gasteiger partial charge is 0.0641 e. The Kier molecular flexibility index (Phi) is 6.55. The van der Waals surface area contributed by atoms with E-state index in [4.69, 9.17) is 9.47 Å². The van der Waals surface area contributed by atoms with Crippen molar-refractivity contribution in [3.63, 3.8) is 0 Å². The first-order valence-corrected chi connectivity index (χ1v) is 9.77. The Morgan fingerprint density at radius 2 is 1.74 bits per heavy atom. The van der Waals surface area contributed by atoms with Gasteiger partial charge in [-0.15, -0.1) is 0 Å². The normalized spacial score (nSPS) is 33.5. The first-order valence-electron chi connectivity index (χ1n) is 9.77. The molecule has 2 aliphatic rings. The lowest BCUT2D eigenvalue weighted by molar-refractivity contribution is -0.110. The van der Waals surface area contributed by atoms with Gasteiger partial charge in [-0.05, 0) is 78.2 Å². The summed E-state index contributed by atoms with van der Waals surface area (Å²) in [6.45, 7) is 14.2. The van der Waals surface area contributed by atoms with Gasteiger partial charge in [-0.25, -0.2) is 0 Å². The molecule has 0 amide bonds. The molecule has 0 aromatic carbocycles. The van der Waals surface area contributed by atoms with Gasteiger partial charge in [0, 0.05) is 19.3 Å². The molecule has 0 saturated carbocycles. The van der Waals surface area contributed by atoms with Crippen LogP contribution in [-0.4, -0.2) is 37.0 Å². The lowest BCUT2D eigenvalue weighted by Gasteiger charge is -2.46. The molecule has 0 aromatic heterocycles. The SMILES string of the molecule is CCCC[C@@]1(CCN[C@@H]2CCOC(C)(C)C2)CCOC(C)(C)C1. The minimum absolute atomic E-state index is 0.0382. The van der Waals surface area contributed by atoms with Gasteiger partial charge in [-0.2, -0.15) is 0 Å². The molecule has 136 valence electrons. The van der Waals surface area contributed by atoms with Crippen molar-refractivity contribution in [2.75, 3.05) is 19.8 Å². The predicted molar refractivity (Wildman–Crippen MR) is 96.9 cm³/mol. The van der Waals surface area contributed by atoms with Crippen LogP contribution in [0.4, 0.5) is 0 Å². The minimum atomic E-state index is 0.0382. The first-order chi connectivity index (χ1) is 10.8. The van der Waals surface area contributed by atoms with Crippen molar-refractivity contribution in [1.82, 2.24) is 5.32 Å². The lowest BCUT2D eigenvalue weighted by atomic mass is 9.68. The van der Waals surface area contributed by atoms with Gasteiger partial charge in [-0.3, -0.25) is 0 Å². The lowest BCUT2D eigenvalue weighted by Crippen LogP contribution is -2.46. The average molecular weight is 326 g/mol. The van der Waals surface area contributed by atoms with Gasteiger partial charge in [0.15, 0.2) is 0 Å². The van der Waals surface area contributed by atoms with Crippen molar-refractivity contribution < 1.29 is 9.47 Å². The fourth-order valence-electron chi connectivity index (χ4n) is 4.64. The summed E-state index contributed by atoms with van der Waals surface area (Å²) < 4.78 is 11.8. The molecule has 1 N–H and O–H groups in total. The third kappa shape index (κ3) is 6.03. The van der Waals surface area contributed by atoms with E-state index < -0.39 is 0 Å². The zero-order chi connectivity index (χ0) is 17.0. The van der Waals surface area contributed by atoms with Crippen molar-refractivity contribution in [2.24, 2.45) is 5.41 Å². The molecular formula is C20H39NO2. The second-order valence-electron chi connectivity index (χ2n) is 9.14. The van der Waals surface area contributed by atoms with Crippen molar-refractivity contribution in [2.45, 2.75) is 103 Å². The van der Waals surface area contributed by atoms with Crippen LogP contribution >= 0.6 is 0 Å². The third-order valence-corrected chi connectivity index (χ3v) is 5.77. The molecule has 0 spiro atoms. The van der Waals surface area contributed by atoms with E-state index in [-0.39, 0.29) is 11.2 Å². The number of unbranched alkanes of at least 4 members (excludes halogenated alkanes) is 1. The summed E-state index contributed by atoms with van der Waals surface area (Å²) in [4.78, 5) is 0. The monoisotopic (exact) mass is 325 g/mol. The summed E-state index contributed by atoms with van der Waals surface area (Å²) in [6.07, 6.45) is 10.0. The number of rotatable bonds is 7. The van der Waals surface area contributed by atoms with Crippen LogP contribution in [0.25, 0.3) is 0 Å². The maximum atomic E-state index is 5.99. The molecule has 2 saturated heterocycles. The molecular weight excluding hydrogens is 286 g/mol. The molecule has 0 aliphatic carbocycles. The Morgan fingerprint density at radius 3 is 2.39 bits per heavy atom. The fourth-order valence-corrected chi connectivity index (χ4v) is 4.64. The Bertz CT molecular complexity index is 367. The zero-order valence-corrected chi connectivity index (χ0v) is 16.2. The van der Waals surface area contributed by atoms with Gasteiger partial charge in [0.25, 0.3) is 0 Å². The van der Waals surface area contributed by atoms with Crippen molar-refractivity contribution in [3.8, 4) is 0 Å². The molecule has 3 nitrogen and oxygen atoms in total. The summed E-state index contributed by atoms with van der Waals surface area (Å²) >= 11 is 0. The third-order valence-electron chi connectivity index (χ3n) is 5.77. The largest absolute Gasteiger partial charge is 0.376 e. The maximum Gasteiger partial charge on any atom is 0.0641 e. The molecule has 2 fully saturated rings. The predicted octanol–water partition coefficient (Wildman–Crippen LogP) is 4.69. The van der Waals surface area contributed by atoms with E-state index in [0.717, 1.165) is 32.6 Å². The molecule has 3 heteroatoms. The molecule has 0 unspecified atom stereocenters. The maximum absolute atomic E-state index is 5.99. The van der Waals surface area contributed by atoms with Gasteiger partial charge in [0.1, 0.15) is 0 Å². The second-order valence-corrected chi connectivity index (χ2v) is 9.14. The van der Waals surface area contributed by atoms with Gasteiger partial charge < -0.3 is 14.8 Å². The van der Waals surface area contributed by atoms with Crippen molar-refractivity contribution in [1.29, 1.82) is 0 Å². The zero-order valence-electron chi connectivity index (χ0n) is 16.2. The highest BCUT2D eigenvalue weighted by Crippen LogP contribution is 2.45. The van der Waals surface area contributed by atoms with Crippen LogP contribution in [0.1, 0.15) is 86.0 Å². The van der Waals surface area contributed by atoms with Crippen molar-refractivity contribution >= 4 is 0 Å². The first kappa shape index (κ1) is 19.2. The standard InChI is InChI=1S/C20H39NO2/c1-6-7-9-20(11-14-23-19(4,5)16-20)10-12-21-17-8-13-22-18(2,3)15-17/h17,21H,6-16H2,1-5H3/t17-,20-/m1/s1. The van der Waals surface area contributed by atoms with Crippen LogP contribution < -0.4 is 5.32 Å². The van der Waals surface area contributed by atoms with Gasteiger partial charge in [0.2, 0.25) is 0 Å². The molecule has 2 rings (SSSR count). The van der Waals surface area contributed by atoms with Crippen LogP contribution in [0.3, 0.4) is 0 Å².